The van der Waals surface area contributed by atoms with Crippen LogP contribution < -0.4 is 0 Å². The molecule has 4 heteroatoms. The van der Waals surface area contributed by atoms with Crippen molar-refractivity contribution in [1.29, 1.82) is 10.5 Å². The van der Waals surface area contributed by atoms with Crippen LogP contribution in [0.25, 0.3) is 66.3 Å². The maximum atomic E-state index is 10.9. The van der Waals surface area contributed by atoms with Gasteiger partial charge < -0.3 is 9.13 Å². The van der Waals surface area contributed by atoms with Gasteiger partial charge in [0.1, 0.15) is 6.07 Å². The molecule has 2 aromatic heterocycles. The van der Waals surface area contributed by atoms with Crippen molar-refractivity contribution in [3.05, 3.63) is 156 Å². The van der Waals surface area contributed by atoms with E-state index in [4.69, 9.17) is 0 Å². The third-order valence-corrected chi connectivity index (χ3v) is 9.78. The fourth-order valence-corrected chi connectivity index (χ4v) is 7.75. The number of rotatable bonds is 7. The largest absolute Gasteiger partial charge is 0.313 e. The highest BCUT2D eigenvalue weighted by Gasteiger charge is 2.23. The molecule has 0 saturated heterocycles. The van der Waals surface area contributed by atoms with Crippen LogP contribution in [-0.2, 0) is 12.8 Å². The molecule has 0 spiro atoms. The van der Waals surface area contributed by atoms with E-state index in [1.54, 1.807) is 0 Å². The first-order chi connectivity index (χ1) is 24.2. The number of hydrogen-bond acceptors (Lipinski definition) is 2. The van der Waals surface area contributed by atoms with Crippen molar-refractivity contribution < 1.29 is 0 Å². The highest BCUT2D eigenvalue weighted by molar-refractivity contribution is 6.09. The predicted molar refractivity (Wildman–Crippen MR) is 201 cm³/mol. The molecule has 6 aromatic carbocycles. The Balaban J connectivity index is 1.42. The lowest BCUT2D eigenvalue weighted by molar-refractivity contribution is 0.836. The Morgan fingerprint density at radius 2 is 1.10 bits per heavy atom. The first kappa shape index (κ1) is 30.0. The summed E-state index contributed by atoms with van der Waals surface area (Å²) in [4.78, 5) is 0. The Bertz CT molecular complexity index is 2580. The Kier molecular flexibility index (Phi) is 7.56. The van der Waals surface area contributed by atoms with Crippen molar-refractivity contribution in [3.8, 4) is 45.8 Å². The average molecular weight is 631 g/mol. The predicted octanol–water partition coefficient (Wildman–Crippen LogP) is 11.3. The lowest BCUT2D eigenvalue weighted by Gasteiger charge is -2.20. The van der Waals surface area contributed by atoms with E-state index in [9.17, 15) is 10.5 Å². The van der Waals surface area contributed by atoms with Crippen LogP contribution in [0.3, 0.4) is 0 Å². The number of nitrogens with zero attached hydrogens (tertiary/aromatic N) is 4. The maximum Gasteiger partial charge on any atom is 0.102 e. The zero-order chi connectivity index (χ0) is 33.5. The zero-order valence-corrected chi connectivity index (χ0v) is 27.6. The first-order valence-corrected chi connectivity index (χ1v) is 17.0. The molecule has 8 rings (SSSR count). The molecule has 234 valence electrons. The van der Waals surface area contributed by atoms with Crippen LogP contribution in [0, 0.1) is 22.7 Å². The van der Waals surface area contributed by atoms with Gasteiger partial charge in [0.05, 0.1) is 45.1 Å². The second kappa shape index (κ2) is 12.3. The highest BCUT2D eigenvalue weighted by atomic mass is 15.0. The topological polar surface area (TPSA) is 57.4 Å². The molecule has 2 heterocycles. The molecule has 49 heavy (non-hydrogen) atoms. The quantitative estimate of drug-likeness (QED) is 0.176. The van der Waals surface area contributed by atoms with Gasteiger partial charge in [-0.05, 0) is 72.0 Å². The minimum absolute atomic E-state index is 0.550. The third-order valence-electron chi connectivity index (χ3n) is 9.78. The van der Waals surface area contributed by atoms with E-state index in [0.29, 0.717) is 11.1 Å². The van der Waals surface area contributed by atoms with E-state index < -0.39 is 0 Å². The molecular formula is C45H34N4. The summed E-state index contributed by atoms with van der Waals surface area (Å²) < 4.78 is 4.64. The number of benzene rings is 6. The molecule has 4 nitrogen and oxygen atoms in total. The van der Waals surface area contributed by atoms with Crippen molar-refractivity contribution in [2.45, 2.75) is 33.1 Å². The third kappa shape index (κ3) is 4.73. The summed E-state index contributed by atoms with van der Waals surface area (Å²) in [5.74, 6) is 0. The molecular weight excluding hydrogens is 597 g/mol. The van der Waals surface area contributed by atoms with Crippen molar-refractivity contribution in [3.63, 3.8) is 0 Å². The molecule has 0 atom stereocenters. The average Bonchev–Trinajstić information content (AvgIpc) is 3.66. The van der Waals surface area contributed by atoms with Gasteiger partial charge in [-0.25, -0.2) is 0 Å². The molecule has 8 aromatic rings. The van der Waals surface area contributed by atoms with Crippen LogP contribution in [-0.4, -0.2) is 9.13 Å². The van der Waals surface area contributed by atoms with Crippen molar-refractivity contribution in [2.75, 3.05) is 0 Å². The van der Waals surface area contributed by atoms with Crippen LogP contribution in [0.1, 0.15) is 42.7 Å². The minimum Gasteiger partial charge on any atom is -0.313 e. The standard InChI is InChI=1S/C45H34N4/c1-3-14-40-31(4-2)34-15-5-9-20-41(34)48(40)42-21-10-6-16-35(42)33-26-25-30(28-46)27-38(33)32-19-13-24-45(39(32)29-47)49-43-22-11-7-17-36(43)37-18-8-12-23-44(37)49/h5-13,15-27H,3-4,14H2,1-2H3. The van der Waals surface area contributed by atoms with Crippen LogP contribution in [0.15, 0.2) is 133 Å². The van der Waals surface area contributed by atoms with E-state index in [-0.39, 0.29) is 0 Å². The monoisotopic (exact) mass is 630 g/mol. The number of aromatic nitrogens is 2. The molecule has 0 N–H and O–H groups in total. The van der Waals surface area contributed by atoms with Crippen molar-refractivity contribution in [2.24, 2.45) is 0 Å². The number of aryl methyl sites for hydroxylation is 1. The lowest BCUT2D eigenvalue weighted by Crippen LogP contribution is -2.04. The fourth-order valence-electron chi connectivity index (χ4n) is 7.75. The second-order valence-corrected chi connectivity index (χ2v) is 12.5. The molecule has 0 radical (unpaired) electrons. The number of fused-ring (bicyclic) bond motifs is 4. The van der Waals surface area contributed by atoms with Gasteiger partial charge in [0.2, 0.25) is 0 Å². The van der Waals surface area contributed by atoms with E-state index in [2.05, 4.69) is 120 Å². The van der Waals surface area contributed by atoms with Gasteiger partial charge in [-0.3, -0.25) is 0 Å². The van der Waals surface area contributed by atoms with Gasteiger partial charge in [0.15, 0.2) is 0 Å². The van der Waals surface area contributed by atoms with Crippen LogP contribution in [0.4, 0.5) is 0 Å². The molecule has 0 amide bonds. The minimum atomic E-state index is 0.550. The fraction of sp³-hybridized carbons (Fsp3) is 0.111. The molecule has 0 aliphatic heterocycles. The summed E-state index contributed by atoms with van der Waals surface area (Å²) in [6, 6.07) is 50.8. The van der Waals surface area contributed by atoms with E-state index in [0.717, 1.165) is 74.7 Å². The Hall–Kier alpha value is -6.36. The molecule has 0 unspecified atom stereocenters. The van der Waals surface area contributed by atoms with Gasteiger partial charge in [-0.1, -0.05) is 111 Å². The van der Waals surface area contributed by atoms with E-state index in [1.807, 2.05) is 48.5 Å². The Morgan fingerprint density at radius 1 is 0.510 bits per heavy atom. The Labute approximate surface area is 286 Å². The van der Waals surface area contributed by atoms with Crippen LogP contribution in [0.5, 0.6) is 0 Å². The summed E-state index contributed by atoms with van der Waals surface area (Å²) in [6.45, 7) is 4.48. The van der Waals surface area contributed by atoms with Gasteiger partial charge in [0.25, 0.3) is 0 Å². The SMILES string of the molecule is CCCc1c(CC)c2ccccc2n1-c1ccccc1-c1ccc(C#N)cc1-c1cccc(-n2c3ccccc3c3ccccc32)c1C#N. The number of para-hydroxylation sites is 4. The summed E-state index contributed by atoms with van der Waals surface area (Å²) in [5.41, 5.74) is 12.7. The smallest absolute Gasteiger partial charge is 0.102 e. The van der Waals surface area contributed by atoms with Crippen LogP contribution >= 0.6 is 0 Å². The van der Waals surface area contributed by atoms with E-state index in [1.165, 1.54) is 22.2 Å². The first-order valence-electron chi connectivity index (χ1n) is 17.0. The Morgan fingerprint density at radius 3 is 1.76 bits per heavy atom. The molecule has 0 aliphatic rings. The summed E-state index contributed by atoms with van der Waals surface area (Å²) in [5, 5.41) is 24.6. The summed E-state index contributed by atoms with van der Waals surface area (Å²) in [6.07, 6.45) is 2.95. The highest BCUT2D eigenvalue weighted by Crippen LogP contribution is 2.42. The summed E-state index contributed by atoms with van der Waals surface area (Å²) >= 11 is 0. The lowest BCUT2D eigenvalue weighted by atomic mass is 9.89. The normalized spacial score (nSPS) is 11.3. The van der Waals surface area contributed by atoms with Gasteiger partial charge >= 0.3 is 0 Å². The summed E-state index contributed by atoms with van der Waals surface area (Å²) in [7, 11) is 0. The van der Waals surface area contributed by atoms with Gasteiger partial charge in [-0.2, -0.15) is 10.5 Å². The number of nitriles is 2. The van der Waals surface area contributed by atoms with Gasteiger partial charge in [-0.15, -0.1) is 0 Å². The van der Waals surface area contributed by atoms with Crippen molar-refractivity contribution >= 4 is 32.7 Å². The zero-order valence-electron chi connectivity index (χ0n) is 27.6. The molecule has 0 aliphatic carbocycles. The van der Waals surface area contributed by atoms with Crippen LogP contribution in [0.2, 0.25) is 0 Å². The van der Waals surface area contributed by atoms with Gasteiger partial charge in [0, 0.05) is 33.0 Å². The van der Waals surface area contributed by atoms with E-state index >= 15 is 0 Å². The molecule has 0 saturated carbocycles. The molecule has 0 fully saturated rings. The number of hydrogen-bond donors (Lipinski definition) is 0. The molecule has 0 bridgehead atoms. The second-order valence-electron chi connectivity index (χ2n) is 12.5. The van der Waals surface area contributed by atoms with Crippen molar-refractivity contribution in [1.82, 2.24) is 9.13 Å². The maximum absolute atomic E-state index is 10.9.